The van der Waals surface area contributed by atoms with E-state index in [0.717, 1.165) is 11.3 Å². The van der Waals surface area contributed by atoms with Crippen LogP contribution < -0.4 is 10.1 Å². The molecule has 1 aromatic heterocycles. The number of amides is 1. The Bertz CT molecular complexity index is 928. The van der Waals surface area contributed by atoms with Crippen LogP contribution in [0.2, 0.25) is 0 Å². The summed E-state index contributed by atoms with van der Waals surface area (Å²) in [7, 11) is 1.61. The van der Waals surface area contributed by atoms with Crippen molar-refractivity contribution in [2.75, 3.05) is 7.11 Å². The second kappa shape index (κ2) is 7.20. The molecule has 3 rings (SSSR count). The highest BCUT2D eigenvalue weighted by Gasteiger charge is 2.23. The number of hydrogen-bond donors (Lipinski definition) is 1. The maximum atomic E-state index is 13.5. The van der Waals surface area contributed by atoms with E-state index in [1.54, 1.807) is 14.0 Å². The largest absolute Gasteiger partial charge is 0.497 e. The minimum absolute atomic E-state index is 0.175. The number of fused-ring (bicyclic) bond motifs is 1. The summed E-state index contributed by atoms with van der Waals surface area (Å²) in [6, 6.07) is 11.7. The molecule has 0 saturated carbocycles. The van der Waals surface area contributed by atoms with Crippen molar-refractivity contribution in [1.29, 1.82) is 0 Å². The summed E-state index contributed by atoms with van der Waals surface area (Å²) < 4.78 is 24.3. The molecule has 1 amide bonds. The monoisotopic (exact) mass is 355 g/mol. The average molecular weight is 355 g/mol. The number of hydrogen-bond acceptors (Lipinski definition) is 3. The summed E-state index contributed by atoms with van der Waals surface area (Å²) in [5.74, 6) is 0.484. The van der Waals surface area contributed by atoms with Gasteiger partial charge in [-0.25, -0.2) is 4.39 Å². The zero-order valence-corrected chi connectivity index (χ0v) is 15.3. The van der Waals surface area contributed by atoms with Gasteiger partial charge in [0.1, 0.15) is 17.1 Å². The highest BCUT2D eigenvalue weighted by molar-refractivity contribution is 5.99. The number of halogens is 1. The van der Waals surface area contributed by atoms with Crippen molar-refractivity contribution in [3.63, 3.8) is 0 Å². The van der Waals surface area contributed by atoms with Gasteiger partial charge in [0.05, 0.1) is 13.2 Å². The third-order valence-electron chi connectivity index (χ3n) is 4.53. The van der Waals surface area contributed by atoms with Crippen LogP contribution in [0.5, 0.6) is 5.75 Å². The maximum Gasteiger partial charge on any atom is 0.287 e. The fraction of sp³-hybridized carbons (Fsp3) is 0.286. The zero-order valence-electron chi connectivity index (χ0n) is 15.3. The molecule has 1 atom stereocenters. The van der Waals surface area contributed by atoms with E-state index in [9.17, 15) is 9.18 Å². The van der Waals surface area contributed by atoms with Crippen molar-refractivity contribution in [1.82, 2.24) is 5.32 Å². The Labute approximate surface area is 152 Å². The van der Waals surface area contributed by atoms with Crippen molar-refractivity contribution in [2.45, 2.75) is 26.8 Å². The van der Waals surface area contributed by atoms with E-state index in [2.05, 4.69) is 5.32 Å². The standard InChI is InChI=1S/C21H22FNO3/c1-12(2)19(14-5-8-16(25-4)9-6-14)23-21(24)20-13(3)17-11-15(22)7-10-18(17)26-20/h5-12,19H,1-4H3,(H,23,24). The highest BCUT2D eigenvalue weighted by Crippen LogP contribution is 2.28. The van der Waals surface area contributed by atoms with Gasteiger partial charge >= 0.3 is 0 Å². The first-order chi connectivity index (χ1) is 12.4. The summed E-state index contributed by atoms with van der Waals surface area (Å²) >= 11 is 0. The smallest absolute Gasteiger partial charge is 0.287 e. The summed E-state index contributed by atoms with van der Waals surface area (Å²) in [5, 5.41) is 3.65. The quantitative estimate of drug-likeness (QED) is 0.699. The van der Waals surface area contributed by atoms with Crippen LogP contribution in [0.3, 0.4) is 0 Å². The molecule has 3 aromatic rings. The molecule has 26 heavy (non-hydrogen) atoms. The molecule has 0 spiro atoms. The van der Waals surface area contributed by atoms with Gasteiger partial charge in [0, 0.05) is 10.9 Å². The lowest BCUT2D eigenvalue weighted by molar-refractivity contribution is 0.0898. The second-order valence-corrected chi connectivity index (χ2v) is 6.66. The molecule has 4 nitrogen and oxygen atoms in total. The molecular weight excluding hydrogens is 333 g/mol. The van der Waals surface area contributed by atoms with Crippen LogP contribution in [0.4, 0.5) is 4.39 Å². The molecule has 0 aliphatic carbocycles. The van der Waals surface area contributed by atoms with Crippen molar-refractivity contribution in [3.05, 3.63) is 65.2 Å². The number of furan rings is 1. The second-order valence-electron chi connectivity index (χ2n) is 6.66. The molecule has 1 N–H and O–H groups in total. The summed E-state index contributed by atoms with van der Waals surface area (Å²) in [4.78, 5) is 12.8. The van der Waals surface area contributed by atoms with Gasteiger partial charge in [0.15, 0.2) is 5.76 Å². The third-order valence-corrected chi connectivity index (χ3v) is 4.53. The lowest BCUT2D eigenvalue weighted by atomic mass is 9.95. The molecule has 0 radical (unpaired) electrons. The van der Waals surface area contributed by atoms with Gasteiger partial charge in [-0.1, -0.05) is 26.0 Å². The van der Waals surface area contributed by atoms with Gasteiger partial charge in [0.2, 0.25) is 0 Å². The molecule has 2 aromatic carbocycles. The topological polar surface area (TPSA) is 51.5 Å². The number of benzene rings is 2. The number of aryl methyl sites for hydroxylation is 1. The van der Waals surface area contributed by atoms with E-state index in [-0.39, 0.29) is 29.4 Å². The number of methoxy groups -OCH3 is 1. The van der Waals surface area contributed by atoms with Crippen molar-refractivity contribution < 1.29 is 18.3 Å². The third kappa shape index (κ3) is 3.43. The van der Waals surface area contributed by atoms with Gasteiger partial charge in [0.25, 0.3) is 5.91 Å². The van der Waals surface area contributed by atoms with E-state index in [4.69, 9.17) is 9.15 Å². The number of carbonyl (C=O) groups excluding carboxylic acids is 1. The van der Waals surface area contributed by atoms with Crippen LogP contribution in [0.15, 0.2) is 46.9 Å². The maximum absolute atomic E-state index is 13.5. The van der Waals surface area contributed by atoms with E-state index in [1.165, 1.54) is 18.2 Å². The van der Waals surface area contributed by atoms with Crippen molar-refractivity contribution in [3.8, 4) is 5.75 Å². The highest BCUT2D eigenvalue weighted by atomic mass is 19.1. The van der Waals surface area contributed by atoms with Crippen LogP contribution in [0.25, 0.3) is 11.0 Å². The lowest BCUT2D eigenvalue weighted by Crippen LogP contribution is -2.31. The van der Waals surface area contributed by atoms with E-state index < -0.39 is 0 Å². The molecule has 1 heterocycles. The predicted octanol–water partition coefficient (Wildman–Crippen LogP) is 5.02. The van der Waals surface area contributed by atoms with Crippen LogP contribution >= 0.6 is 0 Å². The first-order valence-corrected chi connectivity index (χ1v) is 8.54. The van der Waals surface area contributed by atoms with Crippen LogP contribution in [0, 0.1) is 18.7 Å². The SMILES string of the molecule is COc1ccc(C(NC(=O)c2oc3ccc(F)cc3c2C)C(C)C)cc1. The molecule has 5 heteroatoms. The Balaban J connectivity index is 1.89. The van der Waals surface area contributed by atoms with E-state index in [1.807, 2.05) is 38.1 Å². The Morgan fingerprint density at radius 1 is 1.15 bits per heavy atom. The average Bonchev–Trinajstić information content (AvgIpc) is 2.96. The minimum Gasteiger partial charge on any atom is -0.497 e. The number of ether oxygens (including phenoxy) is 1. The number of nitrogens with one attached hydrogen (secondary N) is 1. The van der Waals surface area contributed by atoms with E-state index >= 15 is 0 Å². The van der Waals surface area contributed by atoms with Gasteiger partial charge in [-0.05, 0) is 48.7 Å². The molecule has 0 aliphatic rings. The van der Waals surface area contributed by atoms with E-state index in [0.29, 0.717) is 16.5 Å². The first-order valence-electron chi connectivity index (χ1n) is 8.54. The Kier molecular flexibility index (Phi) is 4.98. The molecule has 1 unspecified atom stereocenters. The fourth-order valence-corrected chi connectivity index (χ4v) is 3.06. The Hall–Kier alpha value is -2.82. The van der Waals surface area contributed by atoms with Crippen LogP contribution in [-0.4, -0.2) is 13.0 Å². The number of rotatable bonds is 5. The summed E-state index contributed by atoms with van der Waals surface area (Å²) in [6.07, 6.45) is 0. The van der Waals surface area contributed by atoms with Gasteiger partial charge < -0.3 is 14.5 Å². The molecule has 136 valence electrons. The van der Waals surface area contributed by atoms with Gasteiger partial charge in [-0.2, -0.15) is 0 Å². The normalized spacial score (nSPS) is 12.4. The van der Waals surface area contributed by atoms with Crippen molar-refractivity contribution >= 4 is 16.9 Å². The Morgan fingerprint density at radius 2 is 1.85 bits per heavy atom. The minimum atomic E-state index is -0.355. The van der Waals surface area contributed by atoms with Crippen LogP contribution in [0.1, 0.15) is 41.6 Å². The number of carbonyl (C=O) groups is 1. The lowest BCUT2D eigenvalue weighted by Gasteiger charge is -2.22. The summed E-state index contributed by atoms with van der Waals surface area (Å²) in [5.41, 5.74) is 2.11. The first kappa shape index (κ1) is 18.0. The molecule has 0 saturated heterocycles. The predicted molar refractivity (Wildman–Crippen MR) is 98.9 cm³/mol. The molecule has 0 bridgehead atoms. The fourth-order valence-electron chi connectivity index (χ4n) is 3.06. The van der Waals surface area contributed by atoms with Crippen LogP contribution in [-0.2, 0) is 0 Å². The summed E-state index contributed by atoms with van der Waals surface area (Å²) in [6.45, 7) is 5.84. The molecule has 0 aliphatic heterocycles. The van der Waals surface area contributed by atoms with Gasteiger partial charge in [-0.15, -0.1) is 0 Å². The molecular formula is C21H22FNO3. The van der Waals surface area contributed by atoms with Gasteiger partial charge in [-0.3, -0.25) is 4.79 Å². The Morgan fingerprint density at radius 3 is 2.46 bits per heavy atom. The van der Waals surface area contributed by atoms with Crippen molar-refractivity contribution in [2.24, 2.45) is 5.92 Å². The molecule has 0 fully saturated rings. The zero-order chi connectivity index (χ0) is 18.8.